The second-order valence-electron chi connectivity index (χ2n) is 3.82. The molecule has 0 aliphatic heterocycles. The van der Waals surface area contributed by atoms with Crippen molar-refractivity contribution < 1.29 is 10.0 Å². The second kappa shape index (κ2) is 6.01. The van der Waals surface area contributed by atoms with Gasteiger partial charge < -0.3 is 16.3 Å². The van der Waals surface area contributed by atoms with Crippen LogP contribution in [0.5, 0.6) is 0 Å². The molecule has 0 aliphatic rings. The number of benzene rings is 1. The summed E-state index contributed by atoms with van der Waals surface area (Å²) in [4.78, 5) is 12.6. The highest BCUT2D eigenvalue weighted by Gasteiger charge is 2.20. The van der Waals surface area contributed by atoms with E-state index in [-0.39, 0.29) is 11.7 Å². The maximum Gasteiger partial charge on any atom is 0.262 e. The van der Waals surface area contributed by atoms with E-state index in [4.69, 9.17) is 10.9 Å². The predicted molar refractivity (Wildman–Crippen MR) is 74.4 cm³/mol. The zero-order valence-corrected chi connectivity index (χ0v) is 10.8. The van der Waals surface area contributed by atoms with Crippen molar-refractivity contribution in [2.24, 2.45) is 10.9 Å². The number of hydrogen-bond donors (Lipinski definition) is 3. The van der Waals surface area contributed by atoms with Crippen LogP contribution in [0.15, 0.2) is 53.0 Å². The van der Waals surface area contributed by atoms with E-state index in [9.17, 15) is 4.79 Å². The summed E-state index contributed by atoms with van der Waals surface area (Å²) in [6, 6.07) is 12.0. The van der Waals surface area contributed by atoms with Gasteiger partial charge >= 0.3 is 0 Å². The van der Waals surface area contributed by atoms with Gasteiger partial charge in [0.15, 0.2) is 5.84 Å². The van der Waals surface area contributed by atoms with Crippen LogP contribution < -0.4 is 11.1 Å². The van der Waals surface area contributed by atoms with Crippen molar-refractivity contribution in [1.82, 2.24) is 5.32 Å². The van der Waals surface area contributed by atoms with Crippen LogP contribution in [0, 0.1) is 0 Å². The Labute approximate surface area is 114 Å². The molecule has 19 heavy (non-hydrogen) atoms. The van der Waals surface area contributed by atoms with Gasteiger partial charge in [0.1, 0.15) is 6.04 Å². The zero-order chi connectivity index (χ0) is 13.7. The Kier molecular flexibility index (Phi) is 4.15. The molecule has 1 aromatic heterocycles. The molecule has 0 saturated carbocycles. The van der Waals surface area contributed by atoms with Crippen LogP contribution in [0.3, 0.4) is 0 Å². The smallest absolute Gasteiger partial charge is 0.262 e. The average molecular weight is 275 g/mol. The lowest BCUT2D eigenvalue weighted by Gasteiger charge is -2.17. The largest absolute Gasteiger partial charge is 0.409 e. The van der Waals surface area contributed by atoms with Crippen molar-refractivity contribution in [2.75, 3.05) is 0 Å². The number of carbonyl (C=O) groups is 1. The molecule has 0 fully saturated rings. The quantitative estimate of drug-likeness (QED) is 0.345. The molecule has 2 aromatic rings. The lowest BCUT2D eigenvalue weighted by Crippen LogP contribution is -2.37. The van der Waals surface area contributed by atoms with Gasteiger partial charge in [-0.2, -0.15) is 0 Å². The summed E-state index contributed by atoms with van der Waals surface area (Å²) in [5, 5.41) is 16.4. The number of nitrogens with one attached hydrogen (secondary N) is 1. The van der Waals surface area contributed by atoms with E-state index in [1.807, 2.05) is 23.6 Å². The first-order valence-electron chi connectivity index (χ1n) is 5.59. The number of nitrogens with two attached hydrogens (primary N) is 1. The Bertz CT molecular complexity index is 567. The molecule has 98 valence electrons. The van der Waals surface area contributed by atoms with Crippen molar-refractivity contribution in [1.29, 1.82) is 0 Å². The highest BCUT2D eigenvalue weighted by atomic mass is 32.1. The summed E-state index contributed by atoms with van der Waals surface area (Å²) < 4.78 is 0. The average Bonchev–Trinajstić information content (AvgIpc) is 2.99. The molecule has 0 saturated heterocycles. The van der Waals surface area contributed by atoms with Crippen LogP contribution >= 0.6 is 11.3 Å². The zero-order valence-electron chi connectivity index (χ0n) is 9.98. The molecule has 1 aromatic carbocycles. The minimum absolute atomic E-state index is 0.0592. The maximum absolute atomic E-state index is 12.0. The van der Waals surface area contributed by atoms with Gasteiger partial charge in [-0.25, -0.2) is 0 Å². The number of hydrogen-bond acceptors (Lipinski definition) is 4. The predicted octanol–water partition coefficient (Wildman–Crippen LogP) is 1.97. The first kappa shape index (κ1) is 13.1. The Morgan fingerprint density at radius 2 is 2.00 bits per heavy atom. The highest BCUT2D eigenvalue weighted by molar-refractivity contribution is 7.12. The van der Waals surface area contributed by atoms with Crippen molar-refractivity contribution in [2.45, 2.75) is 6.04 Å². The molecule has 0 aliphatic carbocycles. The first-order valence-corrected chi connectivity index (χ1v) is 6.47. The number of carbonyl (C=O) groups excluding carboxylic acids is 1. The van der Waals surface area contributed by atoms with E-state index in [1.165, 1.54) is 11.3 Å². The molecular formula is C13H13N3O2S. The summed E-state index contributed by atoms with van der Waals surface area (Å²) in [5.74, 6) is -0.313. The molecule has 1 atom stereocenters. The van der Waals surface area contributed by atoms with Crippen molar-refractivity contribution in [3.63, 3.8) is 0 Å². The molecule has 1 heterocycles. The van der Waals surface area contributed by atoms with Crippen molar-refractivity contribution in [3.05, 3.63) is 58.3 Å². The molecule has 0 radical (unpaired) electrons. The van der Waals surface area contributed by atoms with E-state index in [0.717, 1.165) is 5.56 Å². The number of oxime groups is 1. The summed E-state index contributed by atoms with van der Waals surface area (Å²) in [6.45, 7) is 0. The Balaban J connectivity index is 2.23. The molecule has 1 unspecified atom stereocenters. The summed E-state index contributed by atoms with van der Waals surface area (Å²) in [6.07, 6.45) is 0. The van der Waals surface area contributed by atoms with Crippen molar-refractivity contribution >= 4 is 23.1 Å². The van der Waals surface area contributed by atoms with Gasteiger partial charge in [0.05, 0.1) is 4.88 Å². The molecule has 1 amide bonds. The van der Waals surface area contributed by atoms with Gasteiger partial charge in [0, 0.05) is 0 Å². The summed E-state index contributed by atoms with van der Waals surface area (Å²) in [7, 11) is 0. The minimum atomic E-state index is -0.652. The number of thiophene rings is 1. The topological polar surface area (TPSA) is 87.7 Å². The molecule has 4 N–H and O–H groups in total. The van der Waals surface area contributed by atoms with E-state index in [2.05, 4.69) is 10.5 Å². The molecule has 0 bridgehead atoms. The van der Waals surface area contributed by atoms with E-state index in [1.54, 1.807) is 24.3 Å². The third-order valence-electron chi connectivity index (χ3n) is 2.56. The van der Waals surface area contributed by atoms with E-state index >= 15 is 0 Å². The molecule has 2 rings (SSSR count). The van der Waals surface area contributed by atoms with Crippen LogP contribution in [-0.2, 0) is 0 Å². The Morgan fingerprint density at radius 3 is 2.58 bits per heavy atom. The fourth-order valence-electron chi connectivity index (χ4n) is 1.64. The standard InChI is InChI=1S/C13H13N3O2S/c14-12(16-18)11(9-5-2-1-3-6-9)15-13(17)10-7-4-8-19-10/h1-8,11,18H,(H2,14,16)(H,15,17). The second-order valence-corrected chi connectivity index (χ2v) is 4.77. The van der Waals surface area contributed by atoms with E-state index in [0.29, 0.717) is 4.88 Å². The van der Waals surface area contributed by atoms with Gasteiger partial charge in [0.2, 0.25) is 0 Å². The first-order chi connectivity index (χ1) is 9.22. The fraction of sp³-hybridized carbons (Fsp3) is 0.0769. The lowest BCUT2D eigenvalue weighted by atomic mass is 10.1. The Morgan fingerprint density at radius 1 is 1.26 bits per heavy atom. The highest BCUT2D eigenvalue weighted by Crippen LogP contribution is 2.15. The lowest BCUT2D eigenvalue weighted by molar-refractivity contribution is 0.0950. The van der Waals surface area contributed by atoms with Crippen LogP contribution in [-0.4, -0.2) is 17.0 Å². The Hall–Kier alpha value is -2.34. The fourth-order valence-corrected chi connectivity index (χ4v) is 2.27. The molecule has 5 nitrogen and oxygen atoms in total. The SMILES string of the molecule is N/C(=N\O)C(NC(=O)c1cccs1)c1ccccc1. The third kappa shape index (κ3) is 3.11. The maximum atomic E-state index is 12.0. The van der Waals surface area contributed by atoms with Gasteiger partial charge in [-0.05, 0) is 17.0 Å². The number of amidine groups is 1. The van der Waals surface area contributed by atoms with Crippen LogP contribution in [0.2, 0.25) is 0 Å². The van der Waals surface area contributed by atoms with Gasteiger partial charge in [0.25, 0.3) is 5.91 Å². The van der Waals surface area contributed by atoms with Gasteiger partial charge in [-0.1, -0.05) is 41.6 Å². The molecule has 0 spiro atoms. The monoisotopic (exact) mass is 275 g/mol. The normalized spacial score (nSPS) is 12.9. The van der Waals surface area contributed by atoms with E-state index < -0.39 is 6.04 Å². The van der Waals surface area contributed by atoms with Gasteiger partial charge in [-0.15, -0.1) is 11.3 Å². The number of rotatable bonds is 4. The van der Waals surface area contributed by atoms with Crippen molar-refractivity contribution in [3.8, 4) is 0 Å². The van der Waals surface area contributed by atoms with Crippen LogP contribution in [0.4, 0.5) is 0 Å². The minimum Gasteiger partial charge on any atom is -0.409 e. The van der Waals surface area contributed by atoms with Gasteiger partial charge in [-0.3, -0.25) is 4.79 Å². The number of nitrogens with zero attached hydrogens (tertiary/aromatic N) is 1. The summed E-state index contributed by atoms with van der Waals surface area (Å²) >= 11 is 1.33. The third-order valence-corrected chi connectivity index (χ3v) is 3.43. The summed E-state index contributed by atoms with van der Waals surface area (Å²) in [5.41, 5.74) is 6.39. The van der Waals surface area contributed by atoms with Crippen LogP contribution in [0.1, 0.15) is 21.3 Å². The number of amides is 1. The molecular weight excluding hydrogens is 262 g/mol. The molecule has 6 heteroatoms. The van der Waals surface area contributed by atoms with Crippen LogP contribution in [0.25, 0.3) is 0 Å².